The minimum absolute atomic E-state index is 0. The highest BCUT2D eigenvalue weighted by atomic mass is 14.2. The van der Waals surface area contributed by atoms with Gasteiger partial charge in [0, 0.05) is 0 Å². The summed E-state index contributed by atoms with van der Waals surface area (Å²) < 4.78 is 0. The van der Waals surface area contributed by atoms with Crippen LogP contribution in [-0.2, 0) is 0 Å². The van der Waals surface area contributed by atoms with Crippen molar-refractivity contribution in [3.8, 4) is 33.4 Å². The summed E-state index contributed by atoms with van der Waals surface area (Å²) in [5.74, 6) is 0. The zero-order valence-corrected chi connectivity index (χ0v) is 20.8. The van der Waals surface area contributed by atoms with E-state index >= 15 is 0 Å². The van der Waals surface area contributed by atoms with Crippen molar-refractivity contribution in [2.45, 2.75) is 14.4 Å². The van der Waals surface area contributed by atoms with Gasteiger partial charge in [-0.1, -0.05) is 135 Å². The number of benzene rings is 7. The fourth-order valence-corrected chi connectivity index (χ4v) is 5.88. The van der Waals surface area contributed by atoms with Gasteiger partial charge in [-0.3, -0.25) is 0 Å². The Morgan fingerprint density at radius 1 is 0.368 bits per heavy atom. The third kappa shape index (κ3) is 3.78. The maximum Gasteiger partial charge on any atom is -0.00199 e. The van der Waals surface area contributed by atoms with Crippen LogP contribution in [0.25, 0.3) is 65.7 Å². The van der Waals surface area contributed by atoms with Gasteiger partial charge in [-0.15, -0.1) is 0 Å². The third-order valence-corrected chi connectivity index (χ3v) is 7.58. The summed E-state index contributed by atoms with van der Waals surface area (Å²) in [6.07, 6.45) is 0. The summed E-state index contributed by atoms with van der Waals surface area (Å²) in [5.41, 5.74) is 8.96. The van der Waals surface area contributed by atoms with Crippen LogP contribution in [0, 0.1) is 6.92 Å². The molecule has 0 saturated carbocycles. The summed E-state index contributed by atoms with van der Waals surface area (Å²) in [6.45, 7) is 2.21. The van der Waals surface area contributed by atoms with Gasteiger partial charge in [0.15, 0.2) is 0 Å². The molecule has 7 aromatic carbocycles. The third-order valence-electron chi connectivity index (χ3n) is 7.58. The highest BCUT2D eigenvalue weighted by Crippen LogP contribution is 2.46. The Hall–Kier alpha value is -4.68. The van der Waals surface area contributed by atoms with Gasteiger partial charge in [-0.25, -0.2) is 0 Å². The van der Waals surface area contributed by atoms with Crippen molar-refractivity contribution in [2.75, 3.05) is 0 Å². The van der Waals surface area contributed by atoms with Gasteiger partial charge in [-0.05, 0) is 90.3 Å². The van der Waals surface area contributed by atoms with Crippen molar-refractivity contribution in [3.63, 3.8) is 0 Å². The molecule has 7 aromatic rings. The summed E-state index contributed by atoms with van der Waals surface area (Å²) in [4.78, 5) is 0. The van der Waals surface area contributed by atoms with Crippen LogP contribution < -0.4 is 0 Å². The average Bonchev–Trinajstić information content (AvgIpc) is 2.96. The van der Waals surface area contributed by atoms with Crippen molar-refractivity contribution < 1.29 is 0 Å². The highest BCUT2D eigenvalue weighted by molar-refractivity contribution is 6.24. The Morgan fingerprint density at radius 3 is 1.45 bits per heavy atom. The first-order chi connectivity index (χ1) is 18.3. The maximum absolute atomic E-state index is 2.39. The Labute approximate surface area is 224 Å². The Kier molecular flexibility index (Phi) is 6.02. The molecule has 0 unspecified atom stereocenters. The van der Waals surface area contributed by atoms with Crippen LogP contribution in [0.2, 0.25) is 0 Å². The molecule has 0 aromatic heterocycles. The van der Waals surface area contributed by atoms with Gasteiger partial charge in [0.1, 0.15) is 0 Å². The quantitative estimate of drug-likeness (QED) is 0.218. The number of rotatable bonds is 3. The zero-order chi connectivity index (χ0) is 24.8. The minimum atomic E-state index is 0. The van der Waals surface area contributed by atoms with Gasteiger partial charge >= 0.3 is 0 Å². The smallest absolute Gasteiger partial charge is 0.00199 e. The standard InChI is InChI=1S/C37H26.CH4/c1-25-13-5-7-17-29(25)36-31-19-9-11-21-33(31)37(34-22-12-10-20-32(34)36)35-24-28(26-14-3-2-4-15-26)23-27-16-6-8-18-30(27)35;/h2-24H,1H3;1H4. The lowest BCUT2D eigenvalue weighted by molar-refractivity contribution is 1.47. The van der Waals surface area contributed by atoms with E-state index in [-0.39, 0.29) is 7.43 Å². The summed E-state index contributed by atoms with van der Waals surface area (Å²) >= 11 is 0. The van der Waals surface area contributed by atoms with E-state index in [9.17, 15) is 0 Å². The Morgan fingerprint density at radius 2 is 0.842 bits per heavy atom. The lowest BCUT2D eigenvalue weighted by Crippen LogP contribution is -1.93. The number of hydrogen-bond donors (Lipinski definition) is 0. The SMILES string of the molecule is C.Cc1ccccc1-c1c2ccccc2c(-c2cc(-c3ccccc3)cc3ccccc23)c2ccccc12. The second-order valence-electron chi connectivity index (χ2n) is 9.77. The molecule has 0 nitrogen and oxygen atoms in total. The molecule has 0 spiro atoms. The van der Waals surface area contributed by atoms with Crippen molar-refractivity contribution >= 4 is 32.3 Å². The maximum atomic E-state index is 2.39. The van der Waals surface area contributed by atoms with Crippen molar-refractivity contribution in [1.82, 2.24) is 0 Å². The molecule has 38 heavy (non-hydrogen) atoms. The van der Waals surface area contributed by atoms with E-state index in [1.54, 1.807) is 0 Å². The predicted octanol–water partition coefficient (Wildman–Crippen LogP) is 11.1. The normalized spacial score (nSPS) is 11.1. The summed E-state index contributed by atoms with van der Waals surface area (Å²) in [6, 6.07) is 50.8. The average molecular weight is 487 g/mol. The van der Waals surface area contributed by atoms with E-state index in [0.717, 1.165) is 0 Å². The Balaban J connectivity index is 0.00000264. The monoisotopic (exact) mass is 486 g/mol. The first-order valence-corrected chi connectivity index (χ1v) is 12.9. The molecule has 0 N–H and O–H groups in total. The van der Waals surface area contributed by atoms with Crippen LogP contribution in [0.4, 0.5) is 0 Å². The molecule has 0 amide bonds. The van der Waals surface area contributed by atoms with E-state index in [1.165, 1.54) is 71.3 Å². The van der Waals surface area contributed by atoms with E-state index < -0.39 is 0 Å². The van der Waals surface area contributed by atoms with Crippen LogP contribution in [-0.4, -0.2) is 0 Å². The van der Waals surface area contributed by atoms with Crippen LogP contribution in [0.1, 0.15) is 13.0 Å². The van der Waals surface area contributed by atoms with Crippen LogP contribution in [0.3, 0.4) is 0 Å². The number of fused-ring (bicyclic) bond motifs is 3. The molecule has 0 bridgehead atoms. The second kappa shape index (κ2) is 9.65. The van der Waals surface area contributed by atoms with Gasteiger partial charge in [0.25, 0.3) is 0 Å². The van der Waals surface area contributed by atoms with Crippen molar-refractivity contribution in [3.05, 3.63) is 145 Å². The molecule has 0 aliphatic heterocycles. The topological polar surface area (TPSA) is 0 Å². The molecule has 0 atom stereocenters. The van der Waals surface area contributed by atoms with E-state index in [4.69, 9.17) is 0 Å². The first-order valence-electron chi connectivity index (χ1n) is 12.9. The van der Waals surface area contributed by atoms with Gasteiger partial charge in [0.05, 0.1) is 0 Å². The summed E-state index contributed by atoms with van der Waals surface area (Å²) in [5, 5.41) is 7.69. The van der Waals surface area contributed by atoms with E-state index in [0.29, 0.717) is 0 Å². The van der Waals surface area contributed by atoms with E-state index in [1.807, 2.05) is 0 Å². The molecule has 0 heteroatoms. The largest absolute Gasteiger partial charge is 0.0776 e. The van der Waals surface area contributed by atoms with Crippen molar-refractivity contribution in [2.24, 2.45) is 0 Å². The van der Waals surface area contributed by atoms with Crippen LogP contribution >= 0.6 is 0 Å². The number of hydrogen-bond acceptors (Lipinski definition) is 0. The fourth-order valence-electron chi connectivity index (χ4n) is 5.88. The van der Waals surface area contributed by atoms with Crippen LogP contribution in [0.15, 0.2) is 140 Å². The highest BCUT2D eigenvalue weighted by Gasteiger charge is 2.19. The van der Waals surface area contributed by atoms with Gasteiger partial charge in [-0.2, -0.15) is 0 Å². The summed E-state index contributed by atoms with van der Waals surface area (Å²) in [7, 11) is 0. The number of aryl methyl sites for hydroxylation is 1. The lowest BCUT2D eigenvalue weighted by atomic mass is 9.83. The van der Waals surface area contributed by atoms with Gasteiger partial charge < -0.3 is 0 Å². The Bertz CT molecular complexity index is 1870. The lowest BCUT2D eigenvalue weighted by Gasteiger charge is -2.20. The van der Waals surface area contributed by atoms with Crippen LogP contribution in [0.5, 0.6) is 0 Å². The van der Waals surface area contributed by atoms with E-state index in [2.05, 4.69) is 146 Å². The molecule has 7 rings (SSSR count). The fraction of sp³-hybridized carbons (Fsp3) is 0.0526. The second-order valence-corrected chi connectivity index (χ2v) is 9.77. The predicted molar refractivity (Wildman–Crippen MR) is 167 cm³/mol. The molecule has 0 aliphatic rings. The first kappa shape index (κ1) is 23.7. The molecule has 0 saturated heterocycles. The van der Waals surface area contributed by atoms with Gasteiger partial charge in [0.2, 0.25) is 0 Å². The molecule has 182 valence electrons. The zero-order valence-electron chi connectivity index (χ0n) is 20.8. The minimum Gasteiger partial charge on any atom is -0.0776 e. The molecular formula is C38H30. The van der Waals surface area contributed by atoms with Crippen molar-refractivity contribution in [1.29, 1.82) is 0 Å². The molecule has 0 fully saturated rings. The molecule has 0 heterocycles. The molecule has 0 radical (unpaired) electrons. The molecule has 0 aliphatic carbocycles. The molecular weight excluding hydrogens is 456 g/mol.